The number of carbonyl (C=O) groups excluding carboxylic acids is 1. The van der Waals surface area contributed by atoms with Crippen LogP contribution in [0.4, 0.5) is 5.69 Å². The second kappa shape index (κ2) is 17.3. The Kier molecular flexibility index (Phi) is 13.5. The molecule has 3 aromatic carbocycles. The van der Waals surface area contributed by atoms with Gasteiger partial charge in [0, 0.05) is 42.9 Å². The van der Waals surface area contributed by atoms with E-state index < -0.39 is 16.1 Å². The average molecular weight is 702 g/mol. The van der Waals surface area contributed by atoms with Crippen molar-refractivity contribution in [3.05, 3.63) is 82.9 Å². The van der Waals surface area contributed by atoms with Crippen LogP contribution < -0.4 is 14.2 Å². The van der Waals surface area contributed by atoms with Crippen molar-refractivity contribution in [2.24, 2.45) is 5.92 Å². The van der Waals surface area contributed by atoms with Crippen molar-refractivity contribution in [3.8, 4) is 11.5 Å². The Hall–Kier alpha value is -3.35. The summed E-state index contributed by atoms with van der Waals surface area (Å²) in [6.45, 7) is 7.77. The standard InChI is InChI=1S/C36H48ClN3O7S/c1-25-21-40(26(2)24-41)36(42)33-20-30(38-48(43,44)32-16-11-29(37)12-17-32)13-18-34(33)47-27(3)8-6-7-19-46-35(25)23-39(4)22-28-9-14-31(45-5)15-10-28/h9-18,20,25-27,35,38,41H,6-8,19,21-24H2,1-5H3/t25-,26+,27-,35-/m1/s1. The lowest BCUT2D eigenvalue weighted by molar-refractivity contribution is -0.0177. The summed E-state index contributed by atoms with van der Waals surface area (Å²) in [7, 11) is -0.268. The predicted molar refractivity (Wildman–Crippen MR) is 188 cm³/mol. The Bertz CT molecular complexity index is 1590. The summed E-state index contributed by atoms with van der Waals surface area (Å²) in [5.74, 6) is 0.688. The highest BCUT2D eigenvalue weighted by molar-refractivity contribution is 7.92. The molecule has 0 radical (unpaired) electrons. The van der Waals surface area contributed by atoms with Crippen LogP contribution in [0.15, 0.2) is 71.6 Å². The highest BCUT2D eigenvalue weighted by atomic mass is 35.5. The first kappa shape index (κ1) is 37.5. The van der Waals surface area contributed by atoms with Crippen LogP contribution in [0.5, 0.6) is 11.5 Å². The molecule has 1 heterocycles. The number of aliphatic hydroxyl groups excluding tert-OH is 1. The number of hydrogen-bond donors (Lipinski definition) is 2. The Morgan fingerprint density at radius 2 is 1.79 bits per heavy atom. The number of nitrogens with zero attached hydrogens (tertiary/aromatic N) is 2. The zero-order valence-electron chi connectivity index (χ0n) is 28.4. The first-order valence-corrected chi connectivity index (χ1v) is 18.2. The number of ether oxygens (including phenoxy) is 3. The number of hydrogen-bond acceptors (Lipinski definition) is 8. The molecule has 0 aromatic heterocycles. The lowest BCUT2D eigenvalue weighted by Gasteiger charge is -2.36. The topological polar surface area (TPSA) is 118 Å². The summed E-state index contributed by atoms with van der Waals surface area (Å²) in [4.78, 5) is 18.3. The molecule has 0 unspecified atom stereocenters. The van der Waals surface area contributed by atoms with E-state index in [0.717, 1.165) is 30.6 Å². The third-order valence-electron chi connectivity index (χ3n) is 8.53. The number of amides is 1. The molecule has 0 saturated heterocycles. The predicted octanol–water partition coefficient (Wildman–Crippen LogP) is 6.08. The van der Waals surface area contributed by atoms with Gasteiger partial charge >= 0.3 is 0 Å². The van der Waals surface area contributed by atoms with Crippen LogP contribution in [-0.4, -0.2) is 87.9 Å². The van der Waals surface area contributed by atoms with E-state index in [9.17, 15) is 18.3 Å². The van der Waals surface area contributed by atoms with Crippen LogP contribution in [0.25, 0.3) is 0 Å². The van der Waals surface area contributed by atoms with Gasteiger partial charge in [-0.2, -0.15) is 0 Å². The van der Waals surface area contributed by atoms with Crippen molar-refractivity contribution in [3.63, 3.8) is 0 Å². The molecule has 1 aliphatic heterocycles. The van der Waals surface area contributed by atoms with Crippen LogP contribution in [0.2, 0.25) is 5.02 Å². The van der Waals surface area contributed by atoms with Gasteiger partial charge in [0.2, 0.25) is 0 Å². The number of sulfonamides is 1. The Morgan fingerprint density at radius 1 is 1.08 bits per heavy atom. The van der Waals surface area contributed by atoms with Gasteiger partial charge in [-0.15, -0.1) is 0 Å². The van der Waals surface area contributed by atoms with Gasteiger partial charge < -0.3 is 24.2 Å². The van der Waals surface area contributed by atoms with Gasteiger partial charge in [0.25, 0.3) is 15.9 Å². The molecule has 2 N–H and O–H groups in total. The van der Waals surface area contributed by atoms with E-state index in [-0.39, 0.29) is 46.8 Å². The average Bonchev–Trinajstić information content (AvgIpc) is 3.06. The molecule has 262 valence electrons. The van der Waals surface area contributed by atoms with Crippen molar-refractivity contribution >= 4 is 33.2 Å². The van der Waals surface area contributed by atoms with Crippen molar-refractivity contribution < 1.29 is 32.5 Å². The minimum Gasteiger partial charge on any atom is -0.497 e. The number of benzene rings is 3. The highest BCUT2D eigenvalue weighted by Crippen LogP contribution is 2.30. The quantitative estimate of drug-likeness (QED) is 0.262. The van der Waals surface area contributed by atoms with Gasteiger partial charge in [-0.3, -0.25) is 14.4 Å². The van der Waals surface area contributed by atoms with Gasteiger partial charge in [-0.25, -0.2) is 8.42 Å². The Balaban J connectivity index is 1.62. The number of halogens is 1. The van der Waals surface area contributed by atoms with Crippen molar-refractivity contribution in [2.45, 2.75) is 69.7 Å². The van der Waals surface area contributed by atoms with E-state index in [1.54, 1.807) is 31.1 Å². The van der Waals surface area contributed by atoms with E-state index in [1.165, 1.54) is 30.3 Å². The minimum absolute atomic E-state index is 0.0375. The molecule has 4 rings (SSSR count). The van der Waals surface area contributed by atoms with E-state index in [1.807, 2.05) is 38.2 Å². The summed E-state index contributed by atoms with van der Waals surface area (Å²) in [6, 6.07) is 18.0. The molecule has 48 heavy (non-hydrogen) atoms. The molecule has 0 fully saturated rings. The second-order valence-corrected chi connectivity index (χ2v) is 14.7. The maximum Gasteiger partial charge on any atom is 0.261 e. The van der Waals surface area contributed by atoms with Crippen molar-refractivity contribution in [1.29, 1.82) is 0 Å². The molecule has 3 aromatic rings. The molecule has 0 spiro atoms. The number of anilines is 1. The van der Waals surface area contributed by atoms with E-state index in [2.05, 4.69) is 16.5 Å². The van der Waals surface area contributed by atoms with Gasteiger partial charge in [0.15, 0.2) is 0 Å². The Labute approximate surface area is 290 Å². The number of nitrogens with one attached hydrogen (secondary N) is 1. The van der Waals surface area contributed by atoms with Gasteiger partial charge in [0.05, 0.1) is 42.4 Å². The molecule has 0 bridgehead atoms. The minimum atomic E-state index is -3.96. The SMILES string of the molecule is COc1ccc(CN(C)C[C@H]2OCCCC[C@@H](C)Oc3ccc(NS(=O)(=O)c4ccc(Cl)cc4)cc3C(=O)N([C@@H](C)CO)C[C@H]2C)cc1. The summed E-state index contributed by atoms with van der Waals surface area (Å²) in [6.07, 6.45) is 2.08. The first-order chi connectivity index (χ1) is 22.9. The summed E-state index contributed by atoms with van der Waals surface area (Å²) in [5, 5.41) is 10.7. The van der Waals surface area contributed by atoms with Gasteiger partial charge in [-0.1, -0.05) is 30.7 Å². The number of fused-ring (bicyclic) bond motifs is 1. The van der Waals surface area contributed by atoms with Crippen LogP contribution in [0.1, 0.15) is 56.0 Å². The fourth-order valence-corrected chi connectivity index (χ4v) is 6.87. The second-order valence-electron chi connectivity index (χ2n) is 12.6. The lowest BCUT2D eigenvalue weighted by atomic mass is 10.0. The number of likely N-dealkylation sites (N-methyl/N-ethyl adjacent to an activating group) is 1. The molecule has 10 nitrogen and oxygen atoms in total. The summed E-state index contributed by atoms with van der Waals surface area (Å²) < 4.78 is 47.0. The van der Waals surface area contributed by atoms with Crippen molar-refractivity contribution in [1.82, 2.24) is 9.80 Å². The van der Waals surface area contributed by atoms with E-state index >= 15 is 0 Å². The third kappa shape index (κ3) is 10.3. The van der Waals surface area contributed by atoms with Crippen molar-refractivity contribution in [2.75, 3.05) is 45.2 Å². The normalized spacial score (nSPS) is 20.4. The maximum atomic E-state index is 14.4. The Morgan fingerprint density at radius 3 is 2.46 bits per heavy atom. The monoisotopic (exact) mass is 701 g/mol. The molecule has 1 aliphatic rings. The van der Waals surface area contributed by atoms with E-state index in [0.29, 0.717) is 37.0 Å². The third-order valence-corrected chi connectivity index (χ3v) is 10.2. The van der Waals surface area contributed by atoms with Crippen LogP contribution in [-0.2, 0) is 21.3 Å². The zero-order chi connectivity index (χ0) is 34.8. The highest BCUT2D eigenvalue weighted by Gasteiger charge is 2.30. The maximum absolute atomic E-state index is 14.4. The fraction of sp³-hybridized carbons (Fsp3) is 0.472. The summed E-state index contributed by atoms with van der Waals surface area (Å²) >= 11 is 5.96. The molecular weight excluding hydrogens is 654 g/mol. The lowest BCUT2D eigenvalue weighted by Crippen LogP contribution is -2.47. The number of carbonyl (C=O) groups is 1. The van der Waals surface area contributed by atoms with Crippen LogP contribution in [0, 0.1) is 5.92 Å². The molecule has 12 heteroatoms. The van der Waals surface area contributed by atoms with Gasteiger partial charge in [-0.05, 0) is 100 Å². The number of methoxy groups -OCH3 is 1. The smallest absolute Gasteiger partial charge is 0.261 e. The van der Waals surface area contributed by atoms with E-state index in [4.69, 9.17) is 25.8 Å². The molecular formula is C36H48ClN3O7S. The summed E-state index contributed by atoms with van der Waals surface area (Å²) in [5.41, 5.74) is 1.56. The molecule has 0 aliphatic carbocycles. The zero-order valence-corrected chi connectivity index (χ0v) is 30.0. The molecule has 4 atom stereocenters. The largest absolute Gasteiger partial charge is 0.497 e. The molecule has 0 saturated carbocycles. The first-order valence-electron chi connectivity index (χ1n) is 16.3. The fourth-order valence-electron chi connectivity index (χ4n) is 5.69. The van der Waals surface area contributed by atoms with Crippen LogP contribution >= 0.6 is 11.6 Å². The molecule has 1 amide bonds. The number of rotatable bonds is 10. The van der Waals surface area contributed by atoms with Gasteiger partial charge in [0.1, 0.15) is 11.5 Å². The number of aliphatic hydroxyl groups is 1. The van der Waals surface area contributed by atoms with Crippen LogP contribution in [0.3, 0.4) is 0 Å².